The summed E-state index contributed by atoms with van der Waals surface area (Å²) in [6.07, 6.45) is 2.97. The van der Waals surface area contributed by atoms with Crippen LogP contribution in [0.25, 0.3) is 0 Å². The van der Waals surface area contributed by atoms with Gasteiger partial charge in [0.25, 0.3) is 5.22 Å². The third kappa shape index (κ3) is 5.16. The van der Waals surface area contributed by atoms with Crippen molar-refractivity contribution in [1.82, 2.24) is 15.2 Å². The molecule has 0 unspecified atom stereocenters. The summed E-state index contributed by atoms with van der Waals surface area (Å²) in [5.41, 5.74) is 1.09. The predicted molar refractivity (Wildman–Crippen MR) is 96.3 cm³/mol. The summed E-state index contributed by atoms with van der Waals surface area (Å²) in [6, 6.07) is 4.11. The van der Waals surface area contributed by atoms with Crippen LogP contribution in [-0.2, 0) is 18.6 Å². The minimum atomic E-state index is 0.619. The molecule has 0 saturated carbocycles. The van der Waals surface area contributed by atoms with Crippen LogP contribution >= 0.6 is 34.4 Å². The summed E-state index contributed by atoms with van der Waals surface area (Å²) in [4.78, 5) is 5.91. The molecule has 122 valence electrons. The zero-order chi connectivity index (χ0) is 16.1. The van der Waals surface area contributed by atoms with Crippen molar-refractivity contribution in [2.75, 3.05) is 0 Å². The molecule has 0 bridgehead atoms. The minimum Gasteiger partial charge on any atom is -0.416 e. The van der Waals surface area contributed by atoms with Gasteiger partial charge in [-0.3, -0.25) is 0 Å². The smallest absolute Gasteiger partial charge is 0.276 e. The Bertz CT molecular complexity index is 719. The van der Waals surface area contributed by atoms with E-state index in [4.69, 9.17) is 4.42 Å². The molecular weight excluding hydrogens is 346 g/mol. The second-order valence-corrected chi connectivity index (χ2v) is 8.57. The topological polar surface area (TPSA) is 51.8 Å². The third-order valence-corrected chi connectivity index (χ3v) is 5.92. The maximum Gasteiger partial charge on any atom is 0.276 e. The molecule has 4 nitrogen and oxygen atoms in total. The van der Waals surface area contributed by atoms with Crippen molar-refractivity contribution < 1.29 is 4.42 Å². The number of thiophene rings is 1. The molecule has 0 radical (unpaired) electrons. The Balaban J connectivity index is 1.49. The lowest BCUT2D eigenvalue weighted by molar-refractivity contribution is 0.421. The molecule has 0 aliphatic carbocycles. The standard InChI is InChI=1S/C16H19N3OS3/c1-11(2)5-6-15-17-12(9-22-15)10-23-16-19-18-14(20-16)8-13-4-3-7-21-13/h3-4,7,9,11H,5-6,8,10H2,1-2H3. The summed E-state index contributed by atoms with van der Waals surface area (Å²) in [5, 5.41) is 14.2. The molecule has 7 heteroatoms. The molecule has 0 spiro atoms. The van der Waals surface area contributed by atoms with Crippen molar-refractivity contribution in [2.45, 2.75) is 44.1 Å². The molecule has 0 aromatic carbocycles. The molecule has 3 rings (SSSR count). The number of rotatable bonds is 8. The Hall–Kier alpha value is -1.18. The van der Waals surface area contributed by atoms with Gasteiger partial charge in [-0.1, -0.05) is 31.7 Å². The van der Waals surface area contributed by atoms with Crippen LogP contribution in [0.15, 0.2) is 32.5 Å². The number of nitrogens with zero attached hydrogens (tertiary/aromatic N) is 3. The highest BCUT2D eigenvalue weighted by Crippen LogP contribution is 2.24. The fourth-order valence-electron chi connectivity index (χ4n) is 2.01. The summed E-state index contributed by atoms with van der Waals surface area (Å²) in [5.74, 6) is 2.17. The highest BCUT2D eigenvalue weighted by atomic mass is 32.2. The Morgan fingerprint density at radius 3 is 2.96 bits per heavy atom. The van der Waals surface area contributed by atoms with Gasteiger partial charge in [0.2, 0.25) is 5.89 Å². The summed E-state index contributed by atoms with van der Waals surface area (Å²) >= 11 is 5.00. The van der Waals surface area contributed by atoms with Gasteiger partial charge in [0.15, 0.2) is 0 Å². The van der Waals surface area contributed by atoms with E-state index in [9.17, 15) is 0 Å². The van der Waals surface area contributed by atoms with Crippen LogP contribution in [0.4, 0.5) is 0 Å². The largest absolute Gasteiger partial charge is 0.416 e. The fraction of sp³-hybridized carbons (Fsp3) is 0.438. The van der Waals surface area contributed by atoms with Gasteiger partial charge in [0.1, 0.15) is 0 Å². The minimum absolute atomic E-state index is 0.619. The van der Waals surface area contributed by atoms with Crippen molar-refractivity contribution in [3.63, 3.8) is 0 Å². The normalized spacial score (nSPS) is 11.4. The average molecular weight is 366 g/mol. The summed E-state index contributed by atoms with van der Waals surface area (Å²) in [6.45, 7) is 4.49. The molecule has 0 aliphatic heterocycles. The van der Waals surface area contributed by atoms with Crippen molar-refractivity contribution in [3.05, 3.63) is 44.4 Å². The Labute approximate surface area is 148 Å². The van der Waals surface area contributed by atoms with Crippen LogP contribution in [0.1, 0.15) is 41.7 Å². The van der Waals surface area contributed by atoms with Crippen molar-refractivity contribution in [3.8, 4) is 0 Å². The number of hydrogen-bond donors (Lipinski definition) is 0. The van der Waals surface area contributed by atoms with Gasteiger partial charge in [-0.15, -0.1) is 32.9 Å². The molecule has 3 heterocycles. The van der Waals surface area contributed by atoms with Crippen LogP contribution in [0.5, 0.6) is 0 Å². The lowest BCUT2D eigenvalue weighted by atomic mass is 10.1. The first-order valence-corrected chi connectivity index (χ1v) is 10.3. The van der Waals surface area contributed by atoms with Gasteiger partial charge in [-0.2, -0.15) is 0 Å². The van der Waals surface area contributed by atoms with Crippen molar-refractivity contribution >= 4 is 34.4 Å². The Morgan fingerprint density at radius 2 is 2.17 bits per heavy atom. The highest BCUT2D eigenvalue weighted by molar-refractivity contribution is 7.98. The molecule has 0 amide bonds. The van der Waals surface area contributed by atoms with Crippen LogP contribution in [0.3, 0.4) is 0 Å². The van der Waals surface area contributed by atoms with Crippen LogP contribution < -0.4 is 0 Å². The molecule has 0 aliphatic rings. The molecular formula is C16H19N3OS3. The average Bonchev–Trinajstić information content (AvgIpc) is 3.26. The lowest BCUT2D eigenvalue weighted by Gasteiger charge is -2.00. The fourth-order valence-corrected chi connectivity index (χ4v) is 4.30. The Morgan fingerprint density at radius 1 is 1.26 bits per heavy atom. The van der Waals surface area contributed by atoms with E-state index < -0.39 is 0 Å². The van der Waals surface area contributed by atoms with Crippen molar-refractivity contribution in [1.29, 1.82) is 0 Å². The van der Waals surface area contributed by atoms with E-state index >= 15 is 0 Å². The summed E-state index contributed by atoms with van der Waals surface area (Å²) < 4.78 is 5.69. The quantitative estimate of drug-likeness (QED) is 0.522. The van der Waals surface area contributed by atoms with Crippen LogP contribution in [0.2, 0.25) is 0 Å². The number of thiazole rings is 1. The van der Waals surface area contributed by atoms with E-state index in [1.807, 2.05) is 6.07 Å². The van der Waals surface area contributed by atoms with Crippen LogP contribution in [-0.4, -0.2) is 15.2 Å². The first-order chi connectivity index (χ1) is 11.2. The van der Waals surface area contributed by atoms with E-state index in [1.54, 1.807) is 34.4 Å². The van der Waals surface area contributed by atoms with Gasteiger partial charge in [-0.25, -0.2) is 4.98 Å². The predicted octanol–water partition coefficient (Wildman–Crippen LogP) is 5.06. The number of hydrogen-bond acceptors (Lipinski definition) is 7. The number of thioether (sulfide) groups is 1. The van der Waals surface area contributed by atoms with Crippen molar-refractivity contribution in [2.24, 2.45) is 5.92 Å². The molecule has 23 heavy (non-hydrogen) atoms. The molecule has 0 saturated heterocycles. The van der Waals surface area contributed by atoms with E-state index in [0.717, 1.165) is 23.8 Å². The van der Waals surface area contributed by atoms with Gasteiger partial charge in [0.05, 0.1) is 17.1 Å². The van der Waals surface area contributed by atoms with Gasteiger partial charge in [0, 0.05) is 16.0 Å². The SMILES string of the molecule is CC(C)CCc1nc(CSc2nnc(Cc3cccs3)o2)cs1. The molecule has 0 N–H and O–H groups in total. The zero-order valence-electron chi connectivity index (χ0n) is 13.2. The third-order valence-electron chi connectivity index (χ3n) is 3.23. The highest BCUT2D eigenvalue weighted by Gasteiger charge is 2.10. The van der Waals surface area contributed by atoms with Gasteiger partial charge >= 0.3 is 0 Å². The molecule has 0 fully saturated rings. The second-order valence-electron chi connectivity index (χ2n) is 5.67. The van der Waals surface area contributed by atoms with Gasteiger partial charge < -0.3 is 4.42 Å². The Kier molecular flexibility index (Phi) is 5.85. The first kappa shape index (κ1) is 16.7. The molecule has 3 aromatic heterocycles. The first-order valence-electron chi connectivity index (χ1n) is 7.60. The maximum absolute atomic E-state index is 5.69. The summed E-state index contributed by atoms with van der Waals surface area (Å²) in [7, 11) is 0. The maximum atomic E-state index is 5.69. The van der Waals surface area contributed by atoms with E-state index in [0.29, 0.717) is 17.5 Å². The molecule has 3 aromatic rings. The monoisotopic (exact) mass is 365 g/mol. The number of aryl methyl sites for hydroxylation is 1. The zero-order valence-corrected chi connectivity index (χ0v) is 15.6. The molecule has 0 atom stereocenters. The van der Waals surface area contributed by atoms with E-state index in [1.165, 1.54) is 16.3 Å². The van der Waals surface area contributed by atoms with Crippen LogP contribution in [0, 0.1) is 5.92 Å². The van der Waals surface area contributed by atoms with E-state index in [-0.39, 0.29) is 0 Å². The second kappa shape index (κ2) is 8.08. The van der Waals surface area contributed by atoms with Gasteiger partial charge in [-0.05, 0) is 30.2 Å². The van der Waals surface area contributed by atoms with E-state index in [2.05, 4.69) is 45.9 Å². The number of aromatic nitrogens is 3. The lowest BCUT2D eigenvalue weighted by Crippen LogP contribution is -1.92.